The first-order valence-corrected chi connectivity index (χ1v) is 10.9. The topological polar surface area (TPSA) is 102 Å². The van der Waals surface area contributed by atoms with Gasteiger partial charge in [0.05, 0.1) is 11.3 Å². The van der Waals surface area contributed by atoms with Gasteiger partial charge in [0.15, 0.2) is 17.3 Å². The Hall–Kier alpha value is -4.14. The van der Waals surface area contributed by atoms with Crippen LogP contribution in [0.25, 0.3) is 0 Å². The molecule has 0 saturated carbocycles. The first-order valence-electron chi connectivity index (χ1n) is 10.9. The quantitative estimate of drug-likeness (QED) is 0.560. The molecule has 5 rings (SSSR count). The molecule has 34 heavy (non-hydrogen) atoms. The van der Waals surface area contributed by atoms with Gasteiger partial charge in [-0.25, -0.2) is 9.82 Å². The predicted octanol–water partition coefficient (Wildman–Crippen LogP) is 3.86. The van der Waals surface area contributed by atoms with Gasteiger partial charge in [0.2, 0.25) is 6.79 Å². The second-order valence-electron chi connectivity index (χ2n) is 8.06. The molecular weight excluding hydrogens is 441 g/mol. The number of carbonyl (C=O) groups is 2. The number of hydrazone groups is 1. The summed E-state index contributed by atoms with van der Waals surface area (Å²) in [4.78, 5) is 25.2. The van der Waals surface area contributed by atoms with Crippen LogP contribution in [-0.2, 0) is 13.0 Å². The highest BCUT2D eigenvalue weighted by molar-refractivity contribution is 6.07. The molecule has 0 radical (unpaired) electrons. The number of aryl methyl sites for hydroxylation is 1. The van der Waals surface area contributed by atoms with Gasteiger partial charge in [-0.05, 0) is 49.6 Å². The van der Waals surface area contributed by atoms with Crippen molar-refractivity contribution < 1.29 is 27.9 Å². The number of nitrogens with one attached hydrogen (secondary N) is 2. The van der Waals surface area contributed by atoms with Crippen LogP contribution in [0.3, 0.4) is 0 Å². The van der Waals surface area contributed by atoms with Gasteiger partial charge in [0.1, 0.15) is 11.6 Å². The van der Waals surface area contributed by atoms with Crippen molar-refractivity contribution in [3.63, 3.8) is 0 Å². The Bertz CT molecular complexity index is 1310. The van der Waals surface area contributed by atoms with Crippen LogP contribution in [0.2, 0.25) is 0 Å². The summed E-state index contributed by atoms with van der Waals surface area (Å²) in [7, 11) is 0. The Labute approximate surface area is 194 Å². The van der Waals surface area contributed by atoms with Gasteiger partial charge in [-0.2, -0.15) is 5.10 Å². The fraction of sp³-hybridized carbons (Fsp3) is 0.240. The Morgan fingerprint density at radius 1 is 1.06 bits per heavy atom. The van der Waals surface area contributed by atoms with E-state index in [0.29, 0.717) is 53.5 Å². The summed E-state index contributed by atoms with van der Waals surface area (Å²) in [6, 6.07) is 11.2. The number of carbonyl (C=O) groups excluding carboxylic acids is 2. The van der Waals surface area contributed by atoms with Gasteiger partial charge in [-0.1, -0.05) is 18.2 Å². The van der Waals surface area contributed by atoms with E-state index in [2.05, 4.69) is 15.8 Å². The van der Waals surface area contributed by atoms with Crippen LogP contribution in [0.5, 0.6) is 11.5 Å². The number of rotatable bonds is 5. The van der Waals surface area contributed by atoms with Gasteiger partial charge in [0, 0.05) is 24.1 Å². The van der Waals surface area contributed by atoms with Crippen molar-refractivity contribution in [1.29, 1.82) is 0 Å². The van der Waals surface area contributed by atoms with Crippen molar-refractivity contribution in [1.82, 2.24) is 10.7 Å². The lowest BCUT2D eigenvalue weighted by Gasteiger charge is -2.13. The maximum atomic E-state index is 13.9. The zero-order valence-electron chi connectivity index (χ0n) is 18.4. The van der Waals surface area contributed by atoms with Crippen LogP contribution >= 0.6 is 0 Å². The van der Waals surface area contributed by atoms with Gasteiger partial charge in [-0.3, -0.25) is 9.59 Å². The molecule has 0 spiro atoms. The Morgan fingerprint density at radius 2 is 1.88 bits per heavy atom. The molecule has 2 heterocycles. The number of benzene rings is 2. The van der Waals surface area contributed by atoms with E-state index in [9.17, 15) is 14.0 Å². The molecule has 2 N–H and O–H groups in total. The number of halogens is 1. The number of hydrogen-bond donors (Lipinski definition) is 2. The van der Waals surface area contributed by atoms with Crippen molar-refractivity contribution in [2.24, 2.45) is 5.10 Å². The minimum absolute atomic E-state index is 0.0876. The fourth-order valence-electron chi connectivity index (χ4n) is 4.13. The summed E-state index contributed by atoms with van der Waals surface area (Å²) in [5.74, 6) is 0.579. The summed E-state index contributed by atoms with van der Waals surface area (Å²) in [6.45, 7) is 2.27. The first-order chi connectivity index (χ1) is 16.5. The fourth-order valence-corrected chi connectivity index (χ4v) is 4.13. The molecule has 2 amide bonds. The molecule has 0 fully saturated rings. The molecule has 9 heteroatoms. The summed E-state index contributed by atoms with van der Waals surface area (Å²) >= 11 is 0. The molecular formula is C25H22FN3O5. The smallest absolute Gasteiger partial charge is 0.287 e. The third-order valence-electron chi connectivity index (χ3n) is 5.83. The van der Waals surface area contributed by atoms with Crippen molar-refractivity contribution in [3.8, 4) is 11.5 Å². The van der Waals surface area contributed by atoms with Crippen molar-refractivity contribution >= 4 is 17.5 Å². The highest BCUT2D eigenvalue weighted by Gasteiger charge is 2.28. The van der Waals surface area contributed by atoms with E-state index in [-0.39, 0.29) is 24.0 Å². The predicted molar refractivity (Wildman–Crippen MR) is 121 cm³/mol. The summed E-state index contributed by atoms with van der Waals surface area (Å²) in [6.07, 6.45) is 2.02. The van der Waals surface area contributed by atoms with Gasteiger partial charge >= 0.3 is 0 Å². The normalized spacial score (nSPS) is 15.2. The van der Waals surface area contributed by atoms with Crippen LogP contribution in [0, 0.1) is 12.7 Å². The lowest BCUT2D eigenvalue weighted by Crippen LogP contribution is -2.24. The van der Waals surface area contributed by atoms with Gasteiger partial charge < -0.3 is 19.2 Å². The Morgan fingerprint density at radius 3 is 2.74 bits per heavy atom. The number of fused-ring (bicyclic) bond motifs is 2. The lowest BCUT2D eigenvalue weighted by molar-refractivity contribution is 0.0918. The third-order valence-corrected chi connectivity index (χ3v) is 5.83. The first kappa shape index (κ1) is 21.7. The highest BCUT2D eigenvalue weighted by Crippen LogP contribution is 2.33. The van der Waals surface area contributed by atoms with Crippen LogP contribution < -0.4 is 20.2 Å². The highest BCUT2D eigenvalue weighted by atomic mass is 19.1. The van der Waals surface area contributed by atoms with E-state index in [1.165, 1.54) is 18.2 Å². The van der Waals surface area contributed by atoms with E-state index >= 15 is 0 Å². The van der Waals surface area contributed by atoms with Crippen molar-refractivity contribution in [2.75, 3.05) is 6.79 Å². The van der Waals surface area contributed by atoms with Gasteiger partial charge in [0.25, 0.3) is 11.8 Å². The molecule has 0 atom stereocenters. The molecule has 3 aromatic rings. The maximum absolute atomic E-state index is 13.9. The van der Waals surface area contributed by atoms with Crippen molar-refractivity contribution in [3.05, 3.63) is 82.1 Å². The second kappa shape index (κ2) is 9.01. The average Bonchev–Trinajstić information content (AvgIpc) is 3.45. The number of ether oxygens (including phenoxy) is 2. The number of nitrogens with zero attached hydrogens (tertiary/aromatic N) is 1. The zero-order valence-corrected chi connectivity index (χ0v) is 18.4. The second-order valence-corrected chi connectivity index (χ2v) is 8.06. The molecule has 0 saturated heterocycles. The lowest BCUT2D eigenvalue weighted by atomic mass is 9.93. The standard InChI is InChI=1S/C25H22FN3O5/c1-14-22-18(28-29-24(30)16-5-2-3-6-17(16)26)7-4-8-20(22)34-23(14)25(31)27-12-15-9-10-19-21(11-15)33-13-32-19/h2-3,5-6,9-11H,4,7-8,12-13H2,1H3,(H,27,31)(H,29,30)/b28-18+. The third kappa shape index (κ3) is 4.12. The summed E-state index contributed by atoms with van der Waals surface area (Å²) in [5.41, 5.74) is 5.17. The van der Waals surface area contributed by atoms with Crippen LogP contribution in [0.4, 0.5) is 4.39 Å². The SMILES string of the molecule is Cc1c(C(=O)NCc2ccc3c(c2)OCO3)oc2c1/C(=N/NC(=O)c1ccccc1F)CCC2. The van der Waals surface area contributed by atoms with E-state index < -0.39 is 11.7 Å². The Balaban J connectivity index is 1.31. The van der Waals surface area contributed by atoms with Crippen LogP contribution in [-0.4, -0.2) is 24.3 Å². The molecule has 8 nitrogen and oxygen atoms in total. The zero-order chi connectivity index (χ0) is 23.7. The Kier molecular flexibility index (Phi) is 5.75. The van der Waals surface area contributed by atoms with E-state index in [1.54, 1.807) is 19.1 Å². The molecule has 174 valence electrons. The minimum Gasteiger partial charge on any atom is -0.455 e. The molecule has 2 aromatic carbocycles. The van der Waals surface area contributed by atoms with Crippen molar-refractivity contribution in [2.45, 2.75) is 32.7 Å². The van der Waals surface area contributed by atoms with E-state index in [4.69, 9.17) is 13.9 Å². The largest absolute Gasteiger partial charge is 0.455 e. The number of amides is 2. The molecule has 1 aliphatic heterocycles. The number of furan rings is 1. The summed E-state index contributed by atoms with van der Waals surface area (Å²) in [5, 5.41) is 7.10. The molecule has 0 unspecified atom stereocenters. The minimum atomic E-state index is -0.638. The summed E-state index contributed by atoms with van der Waals surface area (Å²) < 4.78 is 30.5. The average molecular weight is 463 g/mol. The molecule has 1 aliphatic carbocycles. The monoisotopic (exact) mass is 463 g/mol. The number of hydrogen-bond acceptors (Lipinski definition) is 6. The van der Waals surface area contributed by atoms with Gasteiger partial charge in [-0.15, -0.1) is 0 Å². The van der Waals surface area contributed by atoms with Crippen LogP contribution in [0.1, 0.15) is 56.2 Å². The van der Waals surface area contributed by atoms with E-state index in [1.807, 2.05) is 12.1 Å². The maximum Gasteiger partial charge on any atom is 0.287 e. The van der Waals surface area contributed by atoms with E-state index in [0.717, 1.165) is 12.0 Å². The molecule has 0 bridgehead atoms. The van der Waals surface area contributed by atoms with Crippen LogP contribution in [0.15, 0.2) is 52.0 Å². The molecule has 2 aliphatic rings. The molecule has 1 aromatic heterocycles.